The molecule has 1 aromatic carbocycles. The van der Waals surface area contributed by atoms with E-state index in [0.717, 1.165) is 35.6 Å². The van der Waals surface area contributed by atoms with Crippen LogP contribution < -0.4 is 9.47 Å². The lowest BCUT2D eigenvalue weighted by Gasteiger charge is -2.31. The fraction of sp³-hybridized carbons (Fsp3) is 0.625. The van der Waals surface area contributed by atoms with E-state index in [0.29, 0.717) is 13.1 Å². The topological polar surface area (TPSA) is 21.7 Å². The predicted molar refractivity (Wildman–Crippen MR) is 78.6 cm³/mol. The highest BCUT2D eigenvalue weighted by Gasteiger charge is 2.33. The van der Waals surface area contributed by atoms with E-state index in [1.807, 2.05) is 19.1 Å². The lowest BCUT2D eigenvalue weighted by molar-refractivity contribution is -0.0548. The zero-order valence-corrected chi connectivity index (χ0v) is 12.9. The minimum Gasteiger partial charge on any atom is -0.496 e. The molecule has 0 bridgehead atoms. The second-order valence-electron chi connectivity index (χ2n) is 5.53. The highest BCUT2D eigenvalue weighted by Crippen LogP contribution is 2.32. The summed E-state index contributed by atoms with van der Waals surface area (Å²) in [5, 5.41) is 0. The molecule has 1 heterocycles. The van der Waals surface area contributed by atoms with Gasteiger partial charge in [-0.15, -0.1) is 0 Å². The average molecular weight is 299 g/mol. The minimum atomic E-state index is -2.48. The van der Waals surface area contributed by atoms with Crippen LogP contribution in [0.2, 0.25) is 0 Å². The van der Waals surface area contributed by atoms with Crippen LogP contribution in [0, 0.1) is 6.92 Å². The summed E-state index contributed by atoms with van der Waals surface area (Å²) in [5.74, 6) is -0.852. The van der Waals surface area contributed by atoms with Crippen molar-refractivity contribution in [1.82, 2.24) is 4.90 Å². The van der Waals surface area contributed by atoms with E-state index in [2.05, 4.69) is 4.90 Å². The Morgan fingerprint density at radius 3 is 2.38 bits per heavy atom. The van der Waals surface area contributed by atoms with Gasteiger partial charge in [0.1, 0.15) is 11.5 Å². The van der Waals surface area contributed by atoms with Gasteiger partial charge in [0.2, 0.25) is 0 Å². The molecule has 0 spiro atoms. The van der Waals surface area contributed by atoms with Crippen LogP contribution in [0.25, 0.3) is 0 Å². The molecule has 0 N–H and O–H groups in total. The number of piperidine rings is 1. The zero-order chi connectivity index (χ0) is 15.5. The molecule has 1 aliphatic rings. The first-order valence-corrected chi connectivity index (χ1v) is 7.27. The third-order valence-corrected chi connectivity index (χ3v) is 4.15. The van der Waals surface area contributed by atoms with Gasteiger partial charge in [-0.2, -0.15) is 0 Å². The highest BCUT2D eigenvalue weighted by atomic mass is 19.3. The van der Waals surface area contributed by atoms with Crippen LogP contribution in [-0.2, 0) is 6.42 Å². The maximum absolute atomic E-state index is 13.1. The molecule has 1 saturated heterocycles. The number of hydrogen-bond donors (Lipinski definition) is 0. The van der Waals surface area contributed by atoms with Crippen molar-refractivity contribution in [3.8, 4) is 11.5 Å². The molecule has 118 valence electrons. The Hall–Kier alpha value is -1.36. The third kappa shape index (κ3) is 3.84. The van der Waals surface area contributed by atoms with Crippen molar-refractivity contribution in [3.05, 3.63) is 23.3 Å². The summed E-state index contributed by atoms with van der Waals surface area (Å²) in [6.45, 7) is 3.66. The molecule has 21 heavy (non-hydrogen) atoms. The van der Waals surface area contributed by atoms with Gasteiger partial charge < -0.3 is 14.4 Å². The maximum atomic E-state index is 13.1. The number of hydrogen-bond acceptors (Lipinski definition) is 3. The van der Waals surface area contributed by atoms with Crippen molar-refractivity contribution in [3.63, 3.8) is 0 Å². The van der Waals surface area contributed by atoms with E-state index in [-0.39, 0.29) is 12.8 Å². The Balaban J connectivity index is 1.99. The SMILES string of the molecule is COc1ccc(CCN2CCC(F)(F)CC2)c(OC)c1C. The van der Waals surface area contributed by atoms with Crippen molar-refractivity contribution in [2.45, 2.75) is 32.1 Å². The second-order valence-corrected chi connectivity index (χ2v) is 5.53. The largest absolute Gasteiger partial charge is 0.496 e. The summed E-state index contributed by atoms with van der Waals surface area (Å²) < 4.78 is 37.0. The number of likely N-dealkylation sites (tertiary alicyclic amines) is 1. The Kier molecular flexibility index (Phi) is 5.04. The first-order chi connectivity index (χ1) is 9.96. The number of rotatable bonds is 5. The first kappa shape index (κ1) is 16.0. The standard InChI is InChI=1S/C16H23F2NO2/c1-12-14(20-2)5-4-13(15(12)21-3)6-9-19-10-7-16(17,18)8-11-19/h4-5H,6-11H2,1-3H3. The van der Waals surface area contributed by atoms with E-state index in [4.69, 9.17) is 9.47 Å². The molecule has 1 aromatic rings. The van der Waals surface area contributed by atoms with Gasteiger partial charge in [0.25, 0.3) is 5.92 Å². The predicted octanol–water partition coefficient (Wildman–Crippen LogP) is 3.29. The Morgan fingerprint density at radius 2 is 1.81 bits per heavy atom. The van der Waals surface area contributed by atoms with Crippen molar-refractivity contribution >= 4 is 0 Å². The molecule has 0 aliphatic carbocycles. The molecule has 0 radical (unpaired) electrons. The molecule has 0 amide bonds. The molecule has 3 nitrogen and oxygen atoms in total. The summed E-state index contributed by atoms with van der Waals surface area (Å²) in [7, 11) is 3.28. The van der Waals surface area contributed by atoms with Crippen LogP contribution in [0.1, 0.15) is 24.0 Å². The van der Waals surface area contributed by atoms with Gasteiger partial charge in [0.05, 0.1) is 14.2 Å². The van der Waals surface area contributed by atoms with Crippen LogP contribution in [0.15, 0.2) is 12.1 Å². The van der Waals surface area contributed by atoms with Crippen molar-refractivity contribution in [1.29, 1.82) is 0 Å². The fourth-order valence-electron chi connectivity index (χ4n) is 2.81. The minimum absolute atomic E-state index is 0.0359. The summed E-state index contributed by atoms with van der Waals surface area (Å²) in [6, 6.07) is 3.92. The van der Waals surface area contributed by atoms with Gasteiger partial charge in [0.15, 0.2) is 0 Å². The van der Waals surface area contributed by atoms with Crippen molar-refractivity contribution < 1.29 is 18.3 Å². The summed E-state index contributed by atoms with van der Waals surface area (Å²) in [5.41, 5.74) is 2.07. The molecule has 5 heteroatoms. The smallest absolute Gasteiger partial charge is 0.250 e. The zero-order valence-electron chi connectivity index (χ0n) is 12.9. The van der Waals surface area contributed by atoms with E-state index in [9.17, 15) is 8.78 Å². The molecular formula is C16H23F2NO2. The molecule has 0 saturated carbocycles. The van der Waals surface area contributed by atoms with Crippen LogP contribution in [0.3, 0.4) is 0 Å². The molecule has 0 atom stereocenters. The molecule has 2 rings (SSSR count). The Labute approximate surface area is 124 Å². The van der Waals surface area contributed by atoms with E-state index < -0.39 is 5.92 Å². The van der Waals surface area contributed by atoms with Crippen molar-refractivity contribution in [2.75, 3.05) is 33.9 Å². The van der Waals surface area contributed by atoms with Crippen LogP contribution >= 0.6 is 0 Å². The van der Waals surface area contributed by atoms with E-state index in [1.165, 1.54) is 0 Å². The van der Waals surface area contributed by atoms with Crippen molar-refractivity contribution in [2.24, 2.45) is 0 Å². The van der Waals surface area contributed by atoms with Gasteiger partial charge >= 0.3 is 0 Å². The number of alkyl halides is 2. The van der Waals surface area contributed by atoms with Gasteiger partial charge in [0, 0.05) is 38.0 Å². The molecule has 0 unspecified atom stereocenters. The van der Waals surface area contributed by atoms with E-state index in [1.54, 1.807) is 14.2 Å². The number of methoxy groups -OCH3 is 2. The van der Waals surface area contributed by atoms with E-state index >= 15 is 0 Å². The van der Waals surface area contributed by atoms with Gasteiger partial charge in [-0.25, -0.2) is 8.78 Å². The lowest BCUT2D eigenvalue weighted by atomic mass is 10.0. The molecule has 0 aromatic heterocycles. The van der Waals surface area contributed by atoms with Gasteiger partial charge in [-0.1, -0.05) is 6.07 Å². The van der Waals surface area contributed by atoms with Gasteiger partial charge in [-0.05, 0) is 25.0 Å². The lowest BCUT2D eigenvalue weighted by Crippen LogP contribution is -2.40. The number of nitrogens with zero attached hydrogens (tertiary/aromatic N) is 1. The quantitative estimate of drug-likeness (QED) is 0.833. The Morgan fingerprint density at radius 1 is 1.14 bits per heavy atom. The monoisotopic (exact) mass is 299 g/mol. The fourth-order valence-corrected chi connectivity index (χ4v) is 2.81. The van der Waals surface area contributed by atoms with Crippen LogP contribution in [-0.4, -0.2) is 44.7 Å². The molecule has 1 fully saturated rings. The average Bonchev–Trinajstić information content (AvgIpc) is 2.46. The Bertz CT molecular complexity index is 481. The van der Waals surface area contributed by atoms with Gasteiger partial charge in [-0.3, -0.25) is 0 Å². The second kappa shape index (κ2) is 6.60. The summed E-state index contributed by atoms with van der Waals surface area (Å²) >= 11 is 0. The number of ether oxygens (including phenoxy) is 2. The summed E-state index contributed by atoms with van der Waals surface area (Å²) in [4.78, 5) is 2.09. The molecular weight excluding hydrogens is 276 g/mol. The van der Waals surface area contributed by atoms with Crippen LogP contribution in [0.4, 0.5) is 8.78 Å². The number of benzene rings is 1. The third-order valence-electron chi connectivity index (χ3n) is 4.15. The summed E-state index contributed by atoms with van der Waals surface area (Å²) in [6.07, 6.45) is 0.719. The maximum Gasteiger partial charge on any atom is 0.250 e. The number of halogens is 2. The normalized spacial score (nSPS) is 18.5. The highest BCUT2D eigenvalue weighted by molar-refractivity contribution is 5.49. The molecule has 1 aliphatic heterocycles. The van der Waals surface area contributed by atoms with Crippen LogP contribution in [0.5, 0.6) is 11.5 Å². The first-order valence-electron chi connectivity index (χ1n) is 7.27.